The van der Waals surface area contributed by atoms with E-state index in [-0.39, 0.29) is 17.6 Å². The number of ether oxygens (including phenoxy) is 1. The number of amidine groups is 1. The number of nitrogens with one attached hydrogen (secondary N) is 1. The van der Waals surface area contributed by atoms with E-state index in [1.807, 2.05) is 55.5 Å². The third-order valence-electron chi connectivity index (χ3n) is 4.55. The highest BCUT2D eigenvalue weighted by molar-refractivity contribution is 6.18. The van der Waals surface area contributed by atoms with E-state index >= 15 is 0 Å². The van der Waals surface area contributed by atoms with Crippen LogP contribution < -0.4 is 10.1 Å². The molecule has 0 radical (unpaired) electrons. The van der Waals surface area contributed by atoms with E-state index in [1.54, 1.807) is 19.2 Å². The summed E-state index contributed by atoms with van der Waals surface area (Å²) in [6.07, 6.45) is 1.47. The number of amides is 1. The number of hydrogen-bond donors (Lipinski definition) is 1. The van der Waals surface area contributed by atoms with Gasteiger partial charge in [0.15, 0.2) is 5.76 Å². The molecule has 2 heterocycles. The first-order chi connectivity index (χ1) is 13.7. The Morgan fingerprint density at radius 3 is 2.36 bits per heavy atom. The molecule has 4 rings (SSSR count). The van der Waals surface area contributed by atoms with Gasteiger partial charge in [-0.3, -0.25) is 9.79 Å². The Labute approximate surface area is 162 Å². The molecule has 1 N–H and O–H groups in total. The van der Waals surface area contributed by atoms with Crippen LogP contribution in [0.2, 0.25) is 0 Å². The lowest BCUT2D eigenvalue weighted by atomic mass is 9.93. The van der Waals surface area contributed by atoms with Crippen molar-refractivity contribution in [3.05, 3.63) is 78.3 Å². The molecule has 0 aliphatic carbocycles. The number of para-hydroxylation sites is 2. The Morgan fingerprint density at radius 1 is 1.00 bits per heavy atom. The van der Waals surface area contributed by atoms with Crippen molar-refractivity contribution in [2.45, 2.75) is 12.8 Å². The average Bonchev–Trinajstić information content (AvgIpc) is 3.21. The lowest BCUT2D eigenvalue weighted by Crippen LogP contribution is -2.37. The zero-order valence-corrected chi connectivity index (χ0v) is 15.5. The normalized spacial score (nSPS) is 15.7. The topological polar surface area (TPSA) is 76.2 Å². The minimum Gasteiger partial charge on any atom is -0.497 e. The third kappa shape index (κ3) is 3.44. The molecule has 140 valence electrons. The molecule has 28 heavy (non-hydrogen) atoms. The summed E-state index contributed by atoms with van der Waals surface area (Å²) in [7, 11) is 1.63. The van der Waals surface area contributed by atoms with Crippen LogP contribution in [0, 0.1) is 0 Å². The monoisotopic (exact) mass is 373 g/mol. The van der Waals surface area contributed by atoms with Crippen LogP contribution in [0.15, 0.2) is 81.3 Å². The number of nitrogens with zero attached hydrogens (tertiary/aromatic N) is 2. The first-order valence-corrected chi connectivity index (χ1v) is 8.87. The van der Waals surface area contributed by atoms with Crippen molar-refractivity contribution in [1.29, 1.82) is 0 Å². The average molecular weight is 373 g/mol. The molecular weight excluding hydrogens is 354 g/mol. The molecule has 0 fully saturated rings. The van der Waals surface area contributed by atoms with E-state index in [4.69, 9.17) is 19.1 Å². The smallest absolute Gasteiger partial charge is 0.292 e. The second-order valence-corrected chi connectivity index (χ2v) is 6.38. The minimum absolute atomic E-state index is 0.225. The molecule has 6 heteroatoms. The molecule has 2 aromatic carbocycles. The Kier molecular flexibility index (Phi) is 4.76. The van der Waals surface area contributed by atoms with Crippen LogP contribution >= 0.6 is 0 Å². The van der Waals surface area contributed by atoms with Crippen LogP contribution in [0.4, 0.5) is 11.4 Å². The molecular formula is C22H19N3O3. The lowest BCUT2D eigenvalue weighted by Gasteiger charge is -2.19. The largest absolute Gasteiger partial charge is 0.497 e. The van der Waals surface area contributed by atoms with E-state index in [2.05, 4.69) is 5.32 Å². The molecule has 0 saturated heterocycles. The van der Waals surface area contributed by atoms with Crippen molar-refractivity contribution in [3.8, 4) is 5.75 Å². The number of carbonyl (C=O) groups excluding carboxylic acids is 1. The van der Waals surface area contributed by atoms with Gasteiger partial charge in [0.2, 0.25) is 0 Å². The number of hydrogen-bond acceptors (Lipinski definition) is 5. The van der Waals surface area contributed by atoms with E-state index in [0.29, 0.717) is 11.5 Å². The number of fused-ring (bicyclic) bond motifs is 1. The van der Waals surface area contributed by atoms with Crippen LogP contribution in [0.3, 0.4) is 0 Å². The number of methoxy groups -OCH3 is 1. The van der Waals surface area contributed by atoms with Crippen LogP contribution in [-0.4, -0.2) is 24.6 Å². The summed E-state index contributed by atoms with van der Waals surface area (Å²) in [5, 5.41) is 2.91. The summed E-state index contributed by atoms with van der Waals surface area (Å²) in [6.45, 7) is 1.94. The fourth-order valence-corrected chi connectivity index (χ4v) is 3.18. The van der Waals surface area contributed by atoms with Gasteiger partial charge in [-0.1, -0.05) is 24.3 Å². The van der Waals surface area contributed by atoms with Crippen molar-refractivity contribution in [1.82, 2.24) is 5.32 Å². The Hall–Kier alpha value is -3.67. The molecule has 1 aromatic heterocycles. The Balaban J connectivity index is 1.79. The predicted molar refractivity (Wildman–Crippen MR) is 108 cm³/mol. The van der Waals surface area contributed by atoms with Gasteiger partial charge < -0.3 is 14.5 Å². The Morgan fingerprint density at radius 2 is 1.71 bits per heavy atom. The third-order valence-corrected chi connectivity index (χ3v) is 4.55. The van der Waals surface area contributed by atoms with Crippen LogP contribution in [0.1, 0.15) is 29.0 Å². The summed E-state index contributed by atoms with van der Waals surface area (Å²) < 4.78 is 10.5. The number of benzene rings is 2. The van der Waals surface area contributed by atoms with Gasteiger partial charge in [0.05, 0.1) is 30.7 Å². The molecule has 3 aromatic rings. The van der Waals surface area contributed by atoms with E-state index in [1.165, 1.54) is 6.26 Å². The molecule has 1 amide bonds. The first kappa shape index (κ1) is 17.7. The fourth-order valence-electron chi connectivity index (χ4n) is 3.18. The van der Waals surface area contributed by atoms with E-state index in [9.17, 15) is 4.79 Å². The van der Waals surface area contributed by atoms with Crippen molar-refractivity contribution in [2.75, 3.05) is 7.11 Å². The van der Waals surface area contributed by atoms with Gasteiger partial charge >= 0.3 is 0 Å². The maximum Gasteiger partial charge on any atom is 0.292 e. The molecule has 1 aliphatic heterocycles. The fraction of sp³-hybridized carbons (Fsp3) is 0.136. The zero-order valence-electron chi connectivity index (χ0n) is 15.5. The summed E-state index contributed by atoms with van der Waals surface area (Å²) in [6, 6.07) is 18.6. The van der Waals surface area contributed by atoms with Crippen LogP contribution in [0.5, 0.6) is 5.75 Å². The standard InChI is InChI=1S/C22H19N3O3/c1-14-20(15-9-11-16(27-2)12-10-15)21(25-22(26)19-8-5-13-28-19)24-18-7-4-3-6-17(18)23-14/h3-13,20H,1-2H3,(H,24,25,26)/t20-/m0/s1. The van der Waals surface area contributed by atoms with Gasteiger partial charge in [0.25, 0.3) is 5.91 Å². The molecule has 6 nitrogen and oxygen atoms in total. The maximum absolute atomic E-state index is 12.6. The van der Waals surface area contributed by atoms with Gasteiger partial charge in [0, 0.05) is 5.71 Å². The molecule has 0 unspecified atom stereocenters. The molecule has 0 bridgehead atoms. The summed E-state index contributed by atoms with van der Waals surface area (Å²) in [5.74, 6) is 0.820. The predicted octanol–water partition coefficient (Wildman–Crippen LogP) is 4.64. The summed E-state index contributed by atoms with van der Waals surface area (Å²) >= 11 is 0. The molecule has 1 aliphatic rings. The SMILES string of the molecule is COc1ccc([C@@H]2C(C)=Nc3ccccc3N=C2NC(=O)c2ccco2)cc1. The highest BCUT2D eigenvalue weighted by Crippen LogP contribution is 2.34. The second kappa shape index (κ2) is 7.52. The minimum atomic E-state index is -0.352. The number of furan rings is 1. The van der Waals surface area contributed by atoms with Gasteiger partial charge in [-0.05, 0) is 48.9 Å². The molecule has 0 saturated carbocycles. The van der Waals surface area contributed by atoms with Gasteiger partial charge in [-0.25, -0.2) is 4.99 Å². The maximum atomic E-state index is 12.6. The number of rotatable bonds is 3. The first-order valence-electron chi connectivity index (χ1n) is 8.87. The zero-order chi connectivity index (χ0) is 19.5. The molecule has 1 atom stereocenters. The molecule has 0 spiro atoms. The summed E-state index contributed by atoms with van der Waals surface area (Å²) in [4.78, 5) is 22.1. The van der Waals surface area contributed by atoms with Crippen molar-refractivity contribution in [3.63, 3.8) is 0 Å². The van der Waals surface area contributed by atoms with Crippen LogP contribution in [-0.2, 0) is 0 Å². The van der Waals surface area contributed by atoms with Crippen molar-refractivity contribution >= 4 is 28.8 Å². The second-order valence-electron chi connectivity index (χ2n) is 6.38. The highest BCUT2D eigenvalue weighted by Gasteiger charge is 2.27. The Bertz CT molecular complexity index is 1050. The van der Waals surface area contributed by atoms with E-state index < -0.39 is 0 Å². The van der Waals surface area contributed by atoms with Crippen LogP contribution in [0.25, 0.3) is 0 Å². The van der Waals surface area contributed by atoms with E-state index in [0.717, 1.165) is 22.7 Å². The van der Waals surface area contributed by atoms with Crippen molar-refractivity contribution in [2.24, 2.45) is 9.98 Å². The van der Waals surface area contributed by atoms with Gasteiger partial charge in [0.1, 0.15) is 11.6 Å². The van der Waals surface area contributed by atoms with Gasteiger partial charge in [-0.2, -0.15) is 0 Å². The number of aliphatic imine (C=N–C) groups is 2. The quantitative estimate of drug-likeness (QED) is 0.727. The summed E-state index contributed by atoms with van der Waals surface area (Å²) in [5.41, 5.74) is 3.25. The highest BCUT2D eigenvalue weighted by atomic mass is 16.5. The number of carbonyl (C=O) groups is 1. The van der Waals surface area contributed by atoms with Crippen molar-refractivity contribution < 1.29 is 13.9 Å². The lowest BCUT2D eigenvalue weighted by molar-refractivity contribution is 0.0949. The van der Waals surface area contributed by atoms with Gasteiger partial charge in [-0.15, -0.1) is 0 Å².